The molecule has 0 aliphatic carbocycles. The van der Waals surface area contributed by atoms with Crippen molar-refractivity contribution in [2.24, 2.45) is 0 Å². The molecule has 0 spiro atoms. The van der Waals surface area contributed by atoms with Crippen molar-refractivity contribution < 1.29 is 32.2 Å². The van der Waals surface area contributed by atoms with Gasteiger partial charge in [0.2, 0.25) is 5.88 Å². The van der Waals surface area contributed by atoms with E-state index in [-0.39, 0.29) is 71.3 Å². The molecule has 0 unspecified atom stereocenters. The molecule has 0 radical (unpaired) electrons. The van der Waals surface area contributed by atoms with Crippen molar-refractivity contribution in [2.45, 2.75) is 59.8 Å². The SMILES string of the molecule is CC.COCCn1c(Cc2cc(F)c(-c3cccc(OCc4ccccc4)n3)cc2F)nc2ccc(C(=O)OC(C)(C)C)c(F)c21. The predicted octanol–water partition coefficient (Wildman–Crippen LogP) is 8.31. The maximum Gasteiger partial charge on any atom is 0.341 e. The summed E-state index contributed by atoms with van der Waals surface area (Å²) in [6, 6.07) is 19.4. The molecule has 0 aliphatic heterocycles. The largest absolute Gasteiger partial charge is 0.473 e. The van der Waals surface area contributed by atoms with Crippen molar-refractivity contribution in [1.29, 1.82) is 0 Å². The molecule has 0 atom stereocenters. The average molecular weight is 634 g/mol. The van der Waals surface area contributed by atoms with Gasteiger partial charge in [0, 0.05) is 31.7 Å². The van der Waals surface area contributed by atoms with Crippen LogP contribution in [0.2, 0.25) is 0 Å². The van der Waals surface area contributed by atoms with E-state index < -0.39 is 29.0 Å². The van der Waals surface area contributed by atoms with Crippen LogP contribution < -0.4 is 4.74 Å². The normalized spacial score (nSPS) is 11.2. The Morgan fingerprint density at radius 2 is 1.63 bits per heavy atom. The van der Waals surface area contributed by atoms with E-state index in [4.69, 9.17) is 14.2 Å². The number of halogens is 3. The standard InChI is InChI=1S/C34H32F3N3O4.C2H6/c1-34(2,3)44-33(41)23-13-14-28-32(31(23)37)40(15-16-42-4)29(38-28)18-22-17-26(36)24(19-25(22)35)27-11-8-12-30(39-27)43-20-21-9-6-5-7-10-21;1-2/h5-14,17,19H,15-16,18,20H2,1-4H3;1-2H3. The third-order valence-corrected chi connectivity index (χ3v) is 6.78. The first-order valence-corrected chi connectivity index (χ1v) is 15.1. The number of aromatic nitrogens is 3. The molecular formula is C36H38F3N3O4. The molecule has 0 aliphatic rings. The zero-order valence-corrected chi connectivity index (χ0v) is 26.9. The lowest BCUT2D eigenvalue weighted by atomic mass is 10.0. The molecule has 2 heterocycles. The third-order valence-electron chi connectivity index (χ3n) is 6.78. The van der Waals surface area contributed by atoms with E-state index in [1.165, 1.54) is 23.8 Å². The van der Waals surface area contributed by atoms with Crippen LogP contribution in [-0.4, -0.2) is 39.8 Å². The van der Waals surface area contributed by atoms with Gasteiger partial charge < -0.3 is 18.8 Å². The maximum atomic E-state index is 15.7. The number of fused-ring (bicyclic) bond motifs is 1. The summed E-state index contributed by atoms with van der Waals surface area (Å²) in [6.45, 7) is 9.70. The summed E-state index contributed by atoms with van der Waals surface area (Å²) in [6.07, 6.45) is -0.143. The first kappa shape index (κ1) is 34.2. The molecule has 5 rings (SSSR count). The van der Waals surface area contributed by atoms with Crippen molar-refractivity contribution in [2.75, 3.05) is 13.7 Å². The van der Waals surface area contributed by atoms with Crippen molar-refractivity contribution in [3.05, 3.63) is 113 Å². The van der Waals surface area contributed by atoms with E-state index in [1.54, 1.807) is 39.0 Å². The fourth-order valence-electron chi connectivity index (χ4n) is 4.75. The highest BCUT2D eigenvalue weighted by Gasteiger charge is 2.25. The van der Waals surface area contributed by atoms with Gasteiger partial charge >= 0.3 is 5.97 Å². The van der Waals surface area contributed by atoms with E-state index in [0.717, 1.165) is 17.7 Å². The molecule has 5 aromatic rings. The topological polar surface area (TPSA) is 75.5 Å². The molecule has 0 fully saturated rings. The second kappa shape index (κ2) is 15.1. The van der Waals surface area contributed by atoms with E-state index >= 15 is 13.2 Å². The molecular weight excluding hydrogens is 595 g/mol. The number of carbonyl (C=O) groups is 1. The van der Waals surface area contributed by atoms with Gasteiger partial charge in [0.1, 0.15) is 35.2 Å². The highest BCUT2D eigenvalue weighted by molar-refractivity contribution is 5.94. The maximum absolute atomic E-state index is 15.7. The van der Waals surface area contributed by atoms with Gasteiger partial charge in [0.25, 0.3) is 0 Å². The Balaban J connectivity index is 0.00000235. The van der Waals surface area contributed by atoms with Crippen LogP contribution in [0.1, 0.15) is 61.9 Å². The fourth-order valence-corrected chi connectivity index (χ4v) is 4.75. The minimum atomic E-state index is -0.820. The first-order chi connectivity index (χ1) is 22.0. The number of benzene rings is 3. The van der Waals surface area contributed by atoms with Crippen LogP contribution in [0, 0.1) is 17.5 Å². The molecule has 0 N–H and O–H groups in total. The molecule has 10 heteroatoms. The number of ether oxygens (including phenoxy) is 3. The second-order valence-electron chi connectivity index (χ2n) is 11.2. The first-order valence-electron chi connectivity index (χ1n) is 15.1. The molecule has 3 aromatic carbocycles. The van der Waals surface area contributed by atoms with E-state index in [1.807, 2.05) is 44.2 Å². The Hall–Kier alpha value is -4.70. The fraction of sp³-hybridized carbons (Fsp3) is 0.306. The Bertz CT molecular complexity index is 1800. The Kier molecular flexibility index (Phi) is 11.2. The summed E-state index contributed by atoms with van der Waals surface area (Å²) < 4.78 is 64.5. The number of rotatable bonds is 10. The van der Waals surface area contributed by atoms with Crippen LogP contribution >= 0.6 is 0 Å². The molecule has 0 saturated heterocycles. The molecule has 0 amide bonds. The van der Waals surface area contributed by atoms with Gasteiger partial charge in [-0.05, 0) is 62.2 Å². The minimum absolute atomic E-state index is 0.0180. The smallest absolute Gasteiger partial charge is 0.341 e. The Morgan fingerprint density at radius 1 is 0.891 bits per heavy atom. The third kappa shape index (κ3) is 8.11. The van der Waals surface area contributed by atoms with E-state index in [2.05, 4.69) is 9.97 Å². The quantitative estimate of drug-likeness (QED) is 0.144. The van der Waals surface area contributed by atoms with Gasteiger partial charge in [0.05, 0.1) is 23.4 Å². The van der Waals surface area contributed by atoms with Crippen molar-refractivity contribution >= 4 is 17.0 Å². The van der Waals surface area contributed by atoms with Gasteiger partial charge in [-0.3, -0.25) is 0 Å². The van der Waals surface area contributed by atoms with Crippen molar-refractivity contribution in [3.63, 3.8) is 0 Å². The molecule has 242 valence electrons. The lowest BCUT2D eigenvalue weighted by Gasteiger charge is -2.19. The summed E-state index contributed by atoms with van der Waals surface area (Å²) in [7, 11) is 1.49. The predicted molar refractivity (Wildman–Crippen MR) is 171 cm³/mol. The summed E-state index contributed by atoms with van der Waals surface area (Å²) in [4.78, 5) is 21.5. The van der Waals surface area contributed by atoms with Crippen LogP contribution in [0.3, 0.4) is 0 Å². The number of hydrogen-bond acceptors (Lipinski definition) is 6. The van der Waals surface area contributed by atoms with Crippen LogP contribution in [0.5, 0.6) is 5.88 Å². The van der Waals surface area contributed by atoms with Crippen LogP contribution in [0.15, 0.2) is 72.8 Å². The van der Waals surface area contributed by atoms with Gasteiger partial charge in [-0.1, -0.05) is 50.2 Å². The Labute approximate surface area is 267 Å². The number of esters is 1. The van der Waals surface area contributed by atoms with Crippen molar-refractivity contribution in [3.8, 4) is 17.1 Å². The molecule has 2 aromatic heterocycles. The lowest BCUT2D eigenvalue weighted by Crippen LogP contribution is -2.24. The summed E-state index contributed by atoms with van der Waals surface area (Å²) in [5.74, 6) is -2.45. The summed E-state index contributed by atoms with van der Waals surface area (Å²) >= 11 is 0. The number of imidazole rings is 1. The number of methoxy groups -OCH3 is 1. The van der Waals surface area contributed by atoms with Crippen LogP contribution in [0.25, 0.3) is 22.3 Å². The van der Waals surface area contributed by atoms with E-state index in [0.29, 0.717) is 0 Å². The molecule has 7 nitrogen and oxygen atoms in total. The minimum Gasteiger partial charge on any atom is -0.473 e. The number of carbonyl (C=O) groups excluding carboxylic acids is 1. The molecule has 0 bridgehead atoms. The zero-order chi connectivity index (χ0) is 33.4. The number of pyridine rings is 1. The van der Waals surface area contributed by atoms with Gasteiger partial charge in [-0.15, -0.1) is 0 Å². The van der Waals surface area contributed by atoms with Gasteiger partial charge in [0.15, 0.2) is 5.82 Å². The highest BCUT2D eigenvalue weighted by Crippen LogP contribution is 2.29. The Morgan fingerprint density at radius 3 is 2.33 bits per heavy atom. The lowest BCUT2D eigenvalue weighted by molar-refractivity contribution is 0.00649. The van der Waals surface area contributed by atoms with Gasteiger partial charge in [-0.25, -0.2) is 27.9 Å². The number of hydrogen-bond donors (Lipinski definition) is 0. The average Bonchev–Trinajstić information content (AvgIpc) is 3.39. The van der Waals surface area contributed by atoms with Crippen LogP contribution in [-0.2, 0) is 29.0 Å². The monoisotopic (exact) mass is 633 g/mol. The van der Waals surface area contributed by atoms with Gasteiger partial charge in [-0.2, -0.15) is 0 Å². The van der Waals surface area contributed by atoms with Crippen molar-refractivity contribution in [1.82, 2.24) is 14.5 Å². The molecule has 46 heavy (non-hydrogen) atoms. The van der Waals surface area contributed by atoms with Crippen LogP contribution in [0.4, 0.5) is 13.2 Å². The summed E-state index contributed by atoms with van der Waals surface area (Å²) in [5.41, 5.74) is 0.383. The highest BCUT2D eigenvalue weighted by atomic mass is 19.1. The number of nitrogens with zero attached hydrogens (tertiary/aromatic N) is 3. The zero-order valence-electron chi connectivity index (χ0n) is 26.9. The summed E-state index contributed by atoms with van der Waals surface area (Å²) in [5, 5.41) is 0. The molecule has 0 saturated carbocycles. The van der Waals surface area contributed by atoms with E-state index in [9.17, 15) is 4.79 Å². The second-order valence-corrected chi connectivity index (χ2v) is 11.2.